The standard InChI is InChI=1S/C20H12Br4/c21-13-5-7-15-16(10-13)14-6-4-11(8-12(14)9-19(15)24)20-17(22)2-1-3-18(20)23/h1-7,9-11H,8H2. The molecule has 0 fully saturated rings. The highest BCUT2D eigenvalue weighted by Gasteiger charge is 2.22. The molecule has 0 saturated heterocycles. The molecule has 4 heteroatoms. The van der Waals surface area contributed by atoms with E-state index in [9.17, 15) is 0 Å². The van der Waals surface area contributed by atoms with Gasteiger partial charge < -0.3 is 0 Å². The van der Waals surface area contributed by atoms with Crippen LogP contribution < -0.4 is 0 Å². The van der Waals surface area contributed by atoms with Crippen LogP contribution in [0.4, 0.5) is 0 Å². The van der Waals surface area contributed by atoms with Crippen LogP contribution in [0, 0.1) is 0 Å². The lowest BCUT2D eigenvalue weighted by molar-refractivity contribution is 0.819. The quantitative estimate of drug-likeness (QED) is 0.276. The number of fused-ring (bicyclic) bond motifs is 3. The Labute approximate surface area is 174 Å². The molecule has 0 radical (unpaired) electrons. The minimum absolute atomic E-state index is 0.360. The lowest BCUT2D eigenvalue weighted by Gasteiger charge is -2.23. The highest BCUT2D eigenvalue weighted by atomic mass is 79.9. The highest BCUT2D eigenvalue weighted by molar-refractivity contribution is 9.11. The van der Waals surface area contributed by atoms with Crippen molar-refractivity contribution in [3.8, 4) is 0 Å². The molecule has 0 aromatic heterocycles. The molecule has 0 spiro atoms. The molecule has 0 N–H and O–H groups in total. The summed E-state index contributed by atoms with van der Waals surface area (Å²) in [5.74, 6) is 0.360. The van der Waals surface area contributed by atoms with E-state index in [1.54, 1.807) is 0 Å². The molecule has 4 rings (SSSR count). The van der Waals surface area contributed by atoms with E-state index in [-0.39, 0.29) is 0 Å². The second-order valence-corrected chi connectivity index (χ2v) is 9.40. The maximum Gasteiger partial charge on any atom is 0.0256 e. The fraction of sp³-hybridized carbons (Fsp3) is 0.100. The third kappa shape index (κ3) is 2.96. The number of benzene rings is 3. The Bertz CT molecular complexity index is 968. The fourth-order valence-corrected chi connectivity index (χ4v) is 5.94. The van der Waals surface area contributed by atoms with Gasteiger partial charge in [-0.25, -0.2) is 0 Å². The molecule has 24 heavy (non-hydrogen) atoms. The van der Waals surface area contributed by atoms with E-state index >= 15 is 0 Å². The van der Waals surface area contributed by atoms with E-state index in [1.807, 2.05) is 0 Å². The van der Waals surface area contributed by atoms with Gasteiger partial charge in [-0.15, -0.1) is 0 Å². The van der Waals surface area contributed by atoms with Crippen LogP contribution in [-0.4, -0.2) is 0 Å². The SMILES string of the molecule is Brc1ccc2c(Br)cc3c(c2c1)C=CC(c1c(Br)cccc1Br)C3. The predicted octanol–water partition coefficient (Wildman–Crippen LogP) is 8.24. The summed E-state index contributed by atoms with van der Waals surface area (Å²) in [5, 5.41) is 2.54. The highest BCUT2D eigenvalue weighted by Crippen LogP contribution is 2.41. The second-order valence-electron chi connectivity index (χ2n) is 5.93. The van der Waals surface area contributed by atoms with Gasteiger partial charge in [-0.1, -0.05) is 88.0 Å². The number of allylic oxidation sites excluding steroid dienone is 1. The molecule has 0 aliphatic heterocycles. The first-order chi connectivity index (χ1) is 11.5. The van der Waals surface area contributed by atoms with Crippen LogP contribution in [0.25, 0.3) is 16.8 Å². The topological polar surface area (TPSA) is 0 Å². The molecule has 3 aromatic rings. The zero-order valence-electron chi connectivity index (χ0n) is 12.5. The van der Waals surface area contributed by atoms with Crippen LogP contribution in [0.15, 0.2) is 66.4 Å². The summed E-state index contributed by atoms with van der Waals surface area (Å²) in [4.78, 5) is 0. The van der Waals surface area contributed by atoms with Crippen molar-refractivity contribution in [2.75, 3.05) is 0 Å². The number of hydrogen-bond donors (Lipinski definition) is 0. The normalized spacial score (nSPS) is 16.4. The molecule has 0 nitrogen and oxygen atoms in total. The van der Waals surface area contributed by atoms with Gasteiger partial charge in [-0.3, -0.25) is 0 Å². The van der Waals surface area contributed by atoms with Crippen LogP contribution in [-0.2, 0) is 6.42 Å². The van der Waals surface area contributed by atoms with Gasteiger partial charge in [0.2, 0.25) is 0 Å². The molecule has 0 amide bonds. The Morgan fingerprint density at radius 1 is 0.792 bits per heavy atom. The van der Waals surface area contributed by atoms with Gasteiger partial charge in [0.15, 0.2) is 0 Å². The Morgan fingerprint density at radius 3 is 2.29 bits per heavy atom. The van der Waals surface area contributed by atoms with Crippen molar-refractivity contribution >= 4 is 80.6 Å². The predicted molar refractivity (Wildman–Crippen MR) is 117 cm³/mol. The average molecular weight is 572 g/mol. The molecule has 120 valence electrons. The zero-order valence-corrected chi connectivity index (χ0v) is 18.8. The van der Waals surface area contributed by atoms with Crippen LogP contribution in [0.2, 0.25) is 0 Å². The van der Waals surface area contributed by atoms with Crippen LogP contribution in [0.5, 0.6) is 0 Å². The molecule has 0 saturated carbocycles. The summed E-state index contributed by atoms with van der Waals surface area (Å²) in [6.45, 7) is 0. The fourth-order valence-electron chi connectivity index (χ4n) is 3.38. The number of halogens is 4. The maximum atomic E-state index is 3.75. The number of hydrogen-bond acceptors (Lipinski definition) is 0. The third-order valence-corrected chi connectivity index (χ3v) is 7.01. The van der Waals surface area contributed by atoms with E-state index in [0.29, 0.717) is 5.92 Å². The van der Waals surface area contributed by atoms with E-state index in [1.165, 1.54) is 27.5 Å². The van der Waals surface area contributed by atoms with E-state index in [0.717, 1.165) is 24.3 Å². The van der Waals surface area contributed by atoms with Gasteiger partial charge in [0.05, 0.1) is 0 Å². The smallest absolute Gasteiger partial charge is 0.0256 e. The first-order valence-corrected chi connectivity index (χ1v) is 10.7. The van der Waals surface area contributed by atoms with Crippen LogP contribution >= 0.6 is 63.7 Å². The molecule has 0 bridgehead atoms. The van der Waals surface area contributed by atoms with Crippen molar-refractivity contribution < 1.29 is 0 Å². The molecule has 3 aromatic carbocycles. The van der Waals surface area contributed by atoms with Crippen LogP contribution in [0.1, 0.15) is 22.6 Å². The van der Waals surface area contributed by atoms with E-state index in [2.05, 4.69) is 118 Å². The van der Waals surface area contributed by atoms with Gasteiger partial charge >= 0.3 is 0 Å². The molecule has 1 atom stereocenters. The van der Waals surface area contributed by atoms with Gasteiger partial charge in [0.25, 0.3) is 0 Å². The van der Waals surface area contributed by atoms with Crippen molar-refractivity contribution in [3.63, 3.8) is 0 Å². The minimum atomic E-state index is 0.360. The van der Waals surface area contributed by atoms with Crippen molar-refractivity contribution in [1.29, 1.82) is 0 Å². The van der Waals surface area contributed by atoms with Crippen molar-refractivity contribution in [1.82, 2.24) is 0 Å². The molecular formula is C20H12Br4. The summed E-state index contributed by atoms with van der Waals surface area (Å²) >= 11 is 14.8. The lowest BCUT2D eigenvalue weighted by atomic mass is 9.83. The first-order valence-electron chi connectivity index (χ1n) is 7.57. The largest absolute Gasteiger partial charge is 0.0760 e. The Balaban J connectivity index is 1.87. The van der Waals surface area contributed by atoms with Crippen molar-refractivity contribution in [2.45, 2.75) is 12.3 Å². The minimum Gasteiger partial charge on any atom is -0.0760 e. The summed E-state index contributed by atoms with van der Waals surface area (Å²) < 4.78 is 4.57. The lowest BCUT2D eigenvalue weighted by Crippen LogP contribution is -2.08. The van der Waals surface area contributed by atoms with Gasteiger partial charge in [0.1, 0.15) is 0 Å². The van der Waals surface area contributed by atoms with Crippen molar-refractivity contribution in [3.05, 3.63) is 83.1 Å². The summed E-state index contributed by atoms with van der Waals surface area (Å²) in [6, 6.07) is 15.0. The number of rotatable bonds is 1. The van der Waals surface area contributed by atoms with E-state index in [4.69, 9.17) is 0 Å². The maximum absolute atomic E-state index is 3.75. The Kier molecular flexibility index (Phi) is 4.76. The Hall–Kier alpha value is -0.420. The molecule has 1 aliphatic rings. The monoisotopic (exact) mass is 568 g/mol. The molecule has 0 heterocycles. The molecule has 1 unspecified atom stereocenters. The summed E-state index contributed by atoms with van der Waals surface area (Å²) in [6.07, 6.45) is 5.59. The van der Waals surface area contributed by atoms with E-state index < -0.39 is 0 Å². The van der Waals surface area contributed by atoms with Gasteiger partial charge in [0, 0.05) is 23.8 Å². The third-order valence-electron chi connectivity index (χ3n) is 4.48. The van der Waals surface area contributed by atoms with Gasteiger partial charge in [-0.05, 0) is 64.2 Å². The molecule has 1 aliphatic carbocycles. The Morgan fingerprint density at radius 2 is 1.54 bits per heavy atom. The summed E-state index contributed by atoms with van der Waals surface area (Å²) in [7, 11) is 0. The molecular weight excluding hydrogens is 560 g/mol. The van der Waals surface area contributed by atoms with Crippen molar-refractivity contribution in [2.24, 2.45) is 0 Å². The first kappa shape index (κ1) is 17.0. The zero-order chi connectivity index (χ0) is 16.8. The average Bonchev–Trinajstić information content (AvgIpc) is 2.54. The van der Waals surface area contributed by atoms with Crippen LogP contribution in [0.3, 0.4) is 0 Å². The second kappa shape index (κ2) is 6.71. The summed E-state index contributed by atoms with van der Waals surface area (Å²) in [5.41, 5.74) is 4.02. The van der Waals surface area contributed by atoms with Gasteiger partial charge in [-0.2, -0.15) is 0 Å².